The smallest absolute Gasteiger partial charge is 0.358 e. The van der Waals surface area contributed by atoms with E-state index in [-0.39, 0.29) is 18.1 Å². The molecule has 0 atom stereocenters. The molecular formula is C19H23N5O3S3. The highest BCUT2D eigenvalue weighted by molar-refractivity contribution is 8.04. The molecule has 0 aliphatic heterocycles. The van der Waals surface area contributed by atoms with Gasteiger partial charge in [-0.15, -0.1) is 11.3 Å². The number of benzene rings is 1. The van der Waals surface area contributed by atoms with E-state index in [1.54, 1.807) is 34.6 Å². The third kappa shape index (κ3) is 6.19. The van der Waals surface area contributed by atoms with Crippen molar-refractivity contribution in [2.24, 2.45) is 0 Å². The van der Waals surface area contributed by atoms with Crippen LogP contribution in [0.2, 0.25) is 0 Å². The largest absolute Gasteiger partial charge is 0.381 e. The van der Waals surface area contributed by atoms with Crippen molar-refractivity contribution in [1.29, 1.82) is 0 Å². The lowest BCUT2D eigenvalue weighted by atomic mass is 10.3. The molecule has 0 aliphatic carbocycles. The van der Waals surface area contributed by atoms with Crippen LogP contribution >= 0.6 is 34.9 Å². The SMILES string of the molecule is Cc1nc([N+](=O)[O-])cn1CCC(=O)Nc1ccc2nc(SCCSC(C)C)sc2c1. The summed E-state index contributed by atoms with van der Waals surface area (Å²) in [5, 5.41) is 14.3. The van der Waals surface area contributed by atoms with E-state index in [9.17, 15) is 14.9 Å². The summed E-state index contributed by atoms with van der Waals surface area (Å²) < 4.78 is 3.69. The van der Waals surface area contributed by atoms with Gasteiger partial charge in [-0.05, 0) is 33.4 Å². The van der Waals surface area contributed by atoms with Crippen molar-refractivity contribution in [2.75, 3.05) is 16.8 Å². The zero-order valence-corrected chi connectivity index (χ0v) is 19.4. The number of aromatic nitrogens is 3. The molecule has 0 bridgehead atoms. The number of nitro groups is 1. The monoisotopic (exact) mass is 465 g/mol. The number of hydrogen-bond acceptors (Lipinski definition) is 8. The molecule has 1 amide bonds. The Balaban J connectivity index is 1.55. The lowest BCUT2D eigenvalue weighted by molar-refractivity contribution is -0.389. The van der Waals surface area contributed by atoms with Gasteiger partial charge in [-0.25, -0.2) is 4.98 Å². The summed E-state index contributed by atoms with van der Waals surface area (Å²) in [5.74, 6) is 2.27. The maximum Gasteiger partial charge on any atom is 0.381 e. The van der Waals surface area contributed by atoms with E-state index in [2.05, 4.69) is 29.1 Å². The number of carbonyl (C=O) groups excluding carboxylic acids is 1. The van der Waals surface area contributed by atoms with Crippen molar-refractivity contribution in [3.63, 3.8) is 0 Å². The van der Waals surface area contributed by atoms with Crippen LogP contribution in [-0.2, 0) is 11.3 Å². The summed E-state index contributed by atoms with van der Waals surface area (Å²) in [7, 11) is 0. The maximum absolute atomic E-state index is 12.3. The first kappa shape index (κ1) is 22.6. The van der Waals surface area contributed by atoms with Crippen molar-refractivity contribution in [2.45, 2.75) is 43.3 Å². The minimum absolute atomic E-state index is 0.157. The molecule has 0 radical (unpaired) electrons. The minimum atomic E-state index is -0.538. The number of anilines is 1. The number of nitrogens with zero attached hydrogens (tertiary/aromatic N) is 4. The summed E-state index contributed by atoms with van der Waals surface area (Å²) in [4.78, 5) is 31.1. The molecule has 2 heterocycles. The molecule has 8 nitrogen and oxygen atoms in total. The highest BCUT2D eigenvalue weighted by Crippen LogP contribution is 2.31. The first-order valence-corrected chi connectivity index (χ1v) is 12.3. The van der Waals surface area contributed by atoms with Gasteiger partial charge in [-0.1, -0.05) is 25.6 Å². The predicted molar refractivity (Wildman–Crippen MR) is 125 cm³/mol. The number of thiazole rings is 1. The molecule has 3 rings (SSSR count). The van der Waals surface area contributed by atoms with Crippen LogP contribution in [-0.4, -0.2) is 42.1 Å². The molecule has 0 spiro atoms. The van der Waals surface area contributed by atoms with Crippen molar-refractivity contribution >= 4 is 62.5 Å². The van der Waals surface area contributed by atoms with Gasteiger partial charge >= 0.3 is 5.82 Å². The molecule has 1 aromatic carbocycles. The summed E-state index contributed by atoms with van der Waals surface area (Å²) in [6.45, 7) is 6.41. The van der Waals surface area contributed by atoms with E-state index in [0.29, 0.717) is 17.6 Å². The Hall–Kier alpha value is -2.11. The maximum atomic E-state index is 12.3. The third-order valence-electron chi connectivity index (χ3n) is 4.14. The number of aryl methyl sites for hydroxylation is 2. The fourth-order valence-corrected chi connectivity index (χ4v) is 5.73. The molecule has 3 aromatic rings. The fraction of sp³-hybridized carbons (Fsp3) is 0.421. The number of hydrogen-bond donors (Lipinski definition) is 1. The van der Waals surface area contributed by atoms with Gasteiger partial charge in [-0.3, -0.25) is 4.79 Å². The van der Waals surface area contributed by atoms with E-state index < -0.39 is 4.92 Å². The van der Waals surface area contributed by atoms with Crippen molar-refractivity contribution in [3.05, 3.63) is 40.3 Å². The number of thioether (sulfide) groups is 2. The van der Waals surface area contributed by atoms with Crippen LogP contribution in [0, 0.1) is 17.0 Å². The van der Waals surface area contributed by atoms with Crippen LogP contribution in [0.5, 0.6) is 0 Å². The summed E-state index contributed by atoms with van der Waals surface area (Å²) in [5.41, 5.74) is 1.65. The molecule has 0 saturated carbocycles. The van der Waals surface area contributed by atoms with Gasteiger partial charge < -0.3 is 20.0 Å². The number of rotatable bonds is 10. The topological polar surface area (TPSA) is 103 Å². The average Bonchev–Trinajstić information content (AvgIpc) is 3.26. The lowest BCUT2D eigenvalue weighted by Crippen LogP contribution is -2.14. The second kappa shape index (κ2) is 10.3. The van der Waals surface area contributed by atoms with Crippen LogP contribution < -0.4 is 5.32 Å². The molecule has 2 aromatic heterocycles. The molecule has 0 saturated heterocycles. The first-order valence-electron chi connectivity index (χ1n) is 9.45. The Morgan fingerprint density at radius 3 is 2.83 bits per heavy atom. The first-order chi connectivity index (χ1) is 14.3. The summed E-state index contributed by atoms with van der Waals surface area (Å²) in [6, 6.07) is 5.69. The molecule has 0 unspecified atom stereocenters. The molecule has 30 heavy (non-hydrogen) atoms. The highest BCUT2D eigenvalue weighted by Gasteiger charge is 2.16. The van der Waals surface area contributed by atoms with Crippen molar-refractivity contribution in [1.82, 2.24) is 14.5 Å². The van der Waals surface area contributed by atoms with Crippen LogP contribution in [0.25, 0.3) is 10.2 Å². The van der Waals surface area contributed by atoms with Gasteiger partial charge in [0.2, 0.25) is 11.7 Å². The molecule has 0 fully saturated rings. The third-order valence-corrected chi connectivity index (χ3v) is 7.67. The van der Waals surface area contributed by atoms with E-state index in [0.717, 1.165) is 31.7 Å². The van der Waals surface area contributed by atoms with E-state index in [4.69, 9.17) is 0 Å². The number of carbonyl (C=O) groups is 1. The second-order valence-corrected chi connectivity index (χ2v) is 10.9. The normalized spacial score (nSPS) is 11.3. The van der Waals surface area contributed by atoms with Gasteiger partial charge in [-0.2, -0.15) is 11.8 Å². The zero-order chi connectivity index (χ0) is 21.7. The van der Waals surface area contributed by atoms with Gasteiger partial charge in [0.1, 0.15) is 6.20 Å². The molecular weight excluding hydrogens is 442 g/mol. The average molecular weight is 466 g/mol. The summed E-state index contributed by atoms with van der Waals surface area (Å²) >= 11 is 5.33. The number of amides is 1. The number of imidazole rings is 1. The van der Waals surface area contributed by atoms with Crippen LogP contribution in [0.4, 0.5) is 11.5 Å². The molecule has 0 aliphatic rings. The van der Waals surface area contributed by atoms with E-state index in [1.165, 1.54) is 6.20 Å². The standard InChI is InChI=1S/C19H23N5O3S3/c1-12(2)28-8-9-29-19-22-15-5-4-14(10-16(15)30-19)21-18(25)6-7-23-11-17(24(26)27)20-13(23)3/h4-5,10-12H,6-9H2,1-3H3,(H,21,25). The Kier molecular flexibility index (Phi) is 7.73. The zero-order valence-electron chi connectivity index (χ0n) is 17.0. The fourth-order valence-electron chi connectivity index (χ4n) is 2.71. The van der Waals surface area contributed by atoms with Crippen molar-refractivity contribution < 1.29 is 9.72 Å². The number of fused-ring (bicyclic) bond motifs is 1. The minimum Gasteiger partial charge on any atom is -0.358 e. The van der Waals surface area contributed by atoms with Crippen LogP contribution in [0.3, 0.4) is 0 Å². The van der Waals surface area contributed by atoms with E-state index >= 15 is 0 Å². The number of nitrogens with one attached hydrogen (secondary N) is 1. The van der Waals surface area contributed by atoms with Gasteiger partial charge in [0.25, 0.3) is 0 Å². The lowest BCUT2D eigenvalue weighted by Gasteiger charge is -2.06. The second-order valence-electron chi connectivity index (χ2n) is 6.83. The Labute approximate surface area is 187 Å². The van der Waals surface area contributed by atoms with Crippen LogP contribution in [0.1, 0.15) is 26.1 Å². The molecule has 1 N–H and O–H groups in total. The van der Waals surface area contributed by atoms with E-state index in [1.807, 2.05) is 30.0 Å². The van der Waals surface area contributed by atoms with Gasteiger partial charge in [0, 0.05) is 37.1 Å². The molecule has 160 valence electrons. The Morgan fingerprint density at radius 1 is 1.33 bits per heavy atom. The molecule has 11 heteroatoms. The quantitative estimate of drug-likeness (QED) is 0.195. The van der Waals surface area contributed by atoms with Gasteiger partial charge in [0.15, 0.2) is 4.34 Å². The van der Waals surface area contributed by atoms with Crippen molar-refractivity contribution in [3.8, 4) is 0 Å². The Bertz CT molecular complexity index is 1050. The highest BCUT2D eigenvalue weighted by atomic mass is 32.2. The van der Waals surface area contributed by atoms with Gasteiger partial charge in [0.05, 0.1) is 10.2 Å². The Morgan fingerprint density at radius 2 is 2.13 bits per heavy atom. The predicted octanol–water partition coefficient (Wildman–Crippen LogP) is 4.97. The van der Waals surface area contributed by atoms with Crippen LogP contribution in [0.15, 0.2) is 28.7 Å². The summed E-state index contributed by atoms with van der Waals surface area (Å²) in [6.07, 6.45) is 1.55.